The van der Waals surface area contributed by atoms with Crippen molar-refractivity contribution in [2.24, 2.45) is 10.8 Å². The van der Waals surface area contributed by atoms with Gasteiger partial charge in [-0.3, -0.25) is 0 Å². The second-order valence-corrected chi connectivity index (χ2v) is 9.73. The molecule has 0 fully saturated rings. The highest BCUT2D eigenvalue weighted by molar-refractivity contribution is 7.99. The molecule has 2 N–H and O–H groups in total. The van der Waals surface area contributed by atoms with E-state index in [1.807, 2.05) is 0 Å². The summed E-state index contributed by atoms with van der Waals surface area (Å²) in [6, 6.07) is 0. The van der Waals surface area contributed by atoms with Crippen LogP contribution in [0.3, 0.4) is 0 Å². The number of hydrogen-bond donors (Lipinski definition) is 2. The lowest BCUT2D eigenvalue weighted by Crippen LogP contribution is -2.13. The van der Waals surface area contributed by atoms with Crippen LogP contribution in [0.5, 0.6) is 0 Å². The molecule has 0 aliphatic rings. The van der Waals surface area contributed by atoms with Crippen LogP contribution in [0.4, 0.5) is 0 Å². The molecule has 140 valence electrons. The fourth-order valence-electron chi connectivity index (χ4n) is 2.93. The van der Waals surface area contributed by atoms with Crippen LogP contribution in [-0.4, -0.2) is 34.9 Å². The van der Waals surface area contributed by atoms with Crippen molar-refractivity contribution in [3.05, 3.63) is 0 Å². The minimum absolute atomic E-state index is 0.311. The summed E-state index contributed by atoms with van der Waals surface area (Å²) in [6.45, 7) is 9.69. The van der Waals surface area contributed by atoms with Gasteiger partial charge in [-0.2, -0.15) is 11.8 Å². The molecular formula is C20H42O2S. The van der Waals surface area contributed by atoms with E-state index in [2.05, 4.69) is 39.5 Å². The standard InChI is InChI=1S/C20H42O2S/c1-19(2,13-15-21)11-7-5-9-17-23-18-10-6-8-12-20(3,4)14-16-22/h21-22H,5-18H2,1-4H3. The maximum absolute atomic E-state index is 9.02. The first-order valence-corrected chi connectivity index (χ1v) is 10.8. The third-order valence-corrected chi connectivity index (χ3v) is 6.02. The second kappa shape index (κ2) is 13.5. The van der Waals surface area contributed by atoms with Crippen molar-refractivity contribution >= 4 is 11.8 Å². The minimum atomic E-state index is 0.311. The van der Waals surface area contributed by atoms with E-state index in [1.54, 1.807) is 0 Å². The van der Waals surface area contributed by atoms with Crippen LogP contribution >= 0.6 is 11.8 Å². The fraction of sp³-hybridized carbons (Fsp3) is 1.00. The van der Waals surface area contributed by atoms with Crippen molar-refractivity contribution in [1.29, 1.82) is 0 Å². The van der Waals surface area contributed by atoms with Crippen LogP contribution in [0.25, 0.3) is 0 Å². The Morgan fingerprint density at radius 1 is 0.565 bits per heavy atom. The summed E-state index contributed by atoms with van der Waals surface area (Å²) in [6.07, 6.45) is 12.3. The average molecular weight is 347 g/mol. The normalized spacial score (nSPS) is 12.8. The Labute approximate surface area is 149 Å². The van der Waals surface area contributed by atoms with Crippen molar-refractivity contribution in [1.82, 2.24) is 0 Å². The quantitative estimate of drug-likeness (QED) is 0.354. The zero-order valence-corrected chi connectivity index (χ0v) is 17.0. The topological polar surface area (TPSA) is 40.5 Å². The van der Waals surface area contributed by atoms with Crippen LogP contribution in [0.15, 0.2) is 0 Å². The molecule has 0 aromatic rings. The van der Waals surface area contributed by atoms with E-state index >= 15 is 0 Å². The number of hydrogen-bond acceptors (Lipinski definition) is 3. The molecule has 0 aliphatic heterocycles. The van der Waals surface area contributed by atoms with Crippen LogP contribution in [-0.2, 0) is 0 Å². The lowest BCUT2D eigenvalue weighted by molar-refractivity contribution is 0.198. The van der Waals surface area contributed by atoms with Crippen LogP contribution < -0.4 is 0 Å². The van der Waals surface area contributed by atoms with Crippen molar-refractivity contribution < 1.29 is 10.2 Å². The molecular weight excluding hydrogens is 304 g/mol. The van der Waals surface area contributed by atoms with Gasteiger partial charge in [0.15, 0.2) is 0 Å². The first kappa shape index (κ1) is 23.3. The van der Waals surface area contributed by atoms with Gasteiger partial charge in [0.25, 0.3) is 0 Å². The summed E-state index contributed by atoms with van der Waals surface area (Å²) in [5, 5.41) is 18.0. The zero-order valence-electron chi connectivity index (χ0n) is 16.2. The van der Waals surface area contributed by atoms with Crippen molar-refractivity contribution in [3.8, 4) is 0 Å². The summed E-state index contributed by atoms with van der Waals surface area (Å²) in [4.78, 5) is 0. The lowest BCUT2D eigenvalue weighted by Gasteiger charge is -2.23. The van der Waals surface area contributed by atoms with E-state index in [9.17, 15) is 0 Å². The molecule has 0 aliphatic carbocycles. The molecule has 0 radical (unpaired) electrons. The molecule has 0 saturated heterocycles. The largest absolute Gasteiger partial charge is 0.396 e. The van der Waals surface area contributed by atoms with E-state index in [0.29, 0.717) is 24.0 Å². The zero-order chi connectivity index (χ0) is 17.6. The van der Waals surface area contributed by atoms with Crippen molar-refractivity contribution in [2.45, 2.75) is 91.9 Å². The molecule has 0 saturated carbocycles. The fourth-order valence-corrected chi connectivity index (χ4v) is 3.95. The van der Waals surface area contributed by atoms with E-state index < -0.39 is 0 Å². The Bertz CT molecular complexity index is 238. The smallest absolute Gasteiger partial charge is 0.0436 e. The third kappa shape index (κ3) is 15.5. The molecule has 0 atom stereocenters. The first-order chi connectivity index (χ1) is 10.8. The monoisotopic (exact) mass is 346 g/mol. The van der Waals surface area contributed by atoms with Crippen molar-refractivity contribution in [2.75, 3.05) is 24.7 Å². The number of rotatable bonds is 16. The Morgan fingerprint density at radius 2 is 0.957 bits per heavy atom. The molecule has 23 heavy (non-hydrogen) atoms. The van der Waals surface area contributed by atoms with Gasteiger partial charge in [-0.05, 0) is 60.9 Å². The van der Waals surface area contributed by atoms with Gasteiger partial charge in [-0.25, -0.2) is 0 Å². The van der Waals surface area contributed by atoms with E-state index in [0.717, 1.165) is 12.8 Å². The van der Waals surface area contributed by atoms with E-state index in [-0.39, 0.29) is 0 Å². The summed E-state index contributed by atoms with van der Waals surface area (Å²) in [5.74, 6) is 2.60. The van der Waals surface area contributed by atoms with E-state index in [4.69, 9.17) is 10.2 Å². The Balaban J connectivity index is 3.31. The lowest BCUT2D eigenvalue weighted by atomic mass is 9.84. The van der Waals surface area contributed by atoms with Gasteiger partial charge in [0.1, 0.15) is 0 Å². The Hall–Kier alpha value is 0.270. The molecule has 0 spiro atoms. The number of aliphatic hydroxyl groups is 2. The van der Waals surface area contributed by atoms with Gasteiger partial charge >= 0.3 is 0 Å². The van der Waals surface area contributed by atoms with Crippen LogP contribution in [0, 0.1) is 10.8 Å². The highest BCUT2D eigenvalue weighted by atomic mass is 32.2. The predicted molar refractivity (Wildman–Crippen MR) is 105 cm³/mol. The number of aliphatic hydroxyl groups excluding tert-OH is 2. The van der Waals surface area contributed by atoms with Gasteiger partial charge in [0.05, 0.1) is 0 Å². The Morgan fingerprint density at radius 3 is 1.30 bits per heavy atom. The van der Waals surface area contributed by atoms with Gasteiger partial charge < -0.3 is 10.2 Å². The molecule has 0 heterocycles. The highest BCUT2D eigenvalue weighted by Gasteiger charge is 2.16. The molecule has 0 bridgehead atoms. The highest BCUT2D eigenvalue weighted by Crippen LogP contribution is 2.28. The SMILES string of the molecule is CC(C)(CCO)CCCCCSCCCCCC(C)(C)CCO. The maximum atomic E-state index is 9.02. The average Bonchev–Trinajstić information content (AvgIpc) is 2.44. The van der Waals surface area contributed by atoms with Gasteiger partial charge in [0.2, 0.25) is 0 Å². The summed E-state index contributed by atoms with van der Waals surface area (Å²) < 4.78 is 0. The summed E-state index contributed by atoms with van der Waals surface area (Å²) in [5.41, 5.74) is 0.622. The second-order valence-electron chi connectivity index (χ2n) is 8.51. The third-order valence-electron chi connectivity index (χ3n) is 4.86. The van der Waals surface area contributed by atoms with Gasteiger partial charge in [-0.15, -0.1) is 0 Å². The molecule has 0 rings (SSSR count). The molecule has 0 aromatic carbocycles. The van der Waals surface area contributed by atoms with Gasteiger partial charge in [-0.1, -0.05) is 53.4 Å². The molecule has 0 unspecified atom stereocenters. The molecule has 0 aromatic heterocycles. The van der Waals surface area contributed by atoms with Crippen LogP contribution in [0.1, 0.15) is 91.9 Å². The number of thioether (sulfide) groups is 1. The van der Waals surface area contributed by atoms with Crippen molar-refractivity contribution in [3.63, 3.8) is 0 Å². The number of unbranched alkanes of at least 4 members (excludes halogenated alkanes) is 4. The molecule has 2 nitrogen and oxygen atoms in total. The van der Waals surface area contributed by atoms with Gasteiger partial charge in [0, 0.05) is 13.2 Å². The maximum Gasteiger partial charge on any atom is 0.0436 e. The van der Waals surface area contributed by atoms with E-state index in [1.165, 1.54) is 62.9 Å². The minimum Gasteiger partial charge on any atom is -0.396 e. The summed E-state index contributed by atoms with van der Waals surface area (Å²) in [7, 11) is 0. The summed E-state index contributed by atoms with van der Waals surface area (Å²) >= 11 is 2.11. The molecule has 3 heteroatoms. The Kier molecular flexibility index (Phi) is 13.7. The molecule has 0 amide bonds. The predicted octanol–water partition coefficient (Wildman–Crippen LogP) is 5.66. The van der Waals surface area contributed by atoms with Crippen LogP contribution in [0.2, 0.25) is 0 Å². The first-order valence-electron chi connectivity index (χ1n) is 9.62.